The Bertz CT molecular complexity index is 989. The summed E-state index contributed by atoms with van der Waals surface area (Å²) < 4.78 is 7.01. The molecule has 3 rings (SSSR count). The van der Waals surface area contributed by atoms with E-state index < -0.39 is 17.1 Å². The van der Waals surface area contributed by atoms with Crippen LogP contribution in [-0.4, -0.2) is 32.2 Å². The van der Waals surface area contributed by atoms with Crippen molar-refractivity contribution in [1.82, 2.24) is 14.6 Å². The first-order chi connectivity index (χ1) is 11.8. The number of nitrogens with zero attached hydrogens (tertiary/aromatic N) is 3. The molecule has 1 aromatic carbocycles. The van der Waals surface area contributed by atoms with Crippen LogP contribution in [-0.2, 0) is 14.1 Å². The van der Waals surface area contributed by atoms with Crippen molar-refractivity contribution in [3.05, 3.63) is 50.2 Å². The minimum absolute atomic E-state index is 0.00894. The maximum Gasteiger partial charge on any atom is 0.333 e. The largest absolute Gasteiger partial charge is 0.504 e. The Balaban J connectivity index is 1.97. The van der Waals surface area contributed by atoms with Gasteiger partial charge in [0.1, 0.15) is 5.56 Å². The van der Waals surface area contributed by atoms with Crippen molar-refractivity contribution in [2.75, 3.05) is 7.11 Å². The summed E-state index contributed by atoms with van der Waals surface area (Å²) in [5, 5.41) is 24.0. The molecule has 0 fully saturated rings. The van der Waals surface area contributed by atoms with E-state index in [1.165, 1.54) is 27.3 Å². The minimum Gasteiger partial charge on any atom is -0.504 e. The van der Waals surface area contributed by atoms with Gasteiger partial charge in [-0.3, -0.25) is 13.9 Å². The Morgan fingerprint density at radius 1 is 1.24 bits per heavy atom. The second kappa shape index (κ2) is 6.00. The van der Waals surface area contributed by atoms with Crippen molar-refractivity contribution in [1.29, 1.82) is 0 Å². The quantitative estimate of drug-likeness (QED) is 0.717. The molecule has 25 heavy (non-hydrogen) atoms. The third-order valence-electron chi connectivity index (χ3n) is 4.28. The van der Waals surface area contributed by atoms with E-state index >= 15 is 0 Å². The molecular formula is C16H18N4O5. The molecule has 2 heterocycles. The molecule has 1 atom stereocenters. The van der Waals surface area contributed by atoms with Gasteiger partial charge in [-0.1, -0.05) is 6.07 Å². The highest BCUT2D eigenvalue weighted by Gasteiger charge is 2.28. The lowest BCUT2D eigenvalue weighted by atomic mass is 9.99. The Morgan fingerprint density at radius 2 is 1.96 bits per heavy atom. The molecule has 0 spiro atoms. The average molecular weight is 346 g/mol. The van der Waals surface area contributed by atoms with Crippen molar-refractivity contribution >= 4 is 5.71 Å². The van der Waals surface area contributed by atoms with Crippen molar-refractivity contribution in [2.45, 2.75) is 12.5 Å². The molecule has 0 amide bonds. The van der Waals surface area contributed by atoms with E-state index in [1.54, 1.807) is 12.1 Å². The highest BCUT2D eigenvalue weighted by Crippen LogP contribution is 2.32. The fraction of sp³-hybridized carbons (Fsp3) is 0.312. The topological polar surface area (TPSA) is 118 Å². The summed E-state index contributed by atoms with van der Waals surface area (Å²) >= 11 is 0. The summed E-state index contributed by atoms with van der Waals surface area (Å²) in [6, 6.07) is 4.64. The molecule has 9 heteroatoms. The number of phenolic OH excluding ortho intramolecular Hbond substituents is 1. The smallest absolute Gasteiger partial charge is 0.333 e. The lowest BCUT2D eigenvalue weighted by Crippen LogP contribution is -2.39. The molecule has 0 saturated carbocycles. The van der Waals surface area contributed by atoms with Gasteiger partial charge in [0.2, 0.25) is 5.88 Å². The van der Waals surface area contributed by atoms with Crippen LogP contribution >= 0.6 is 0 Å². The van der Waals surface area contributed by atoms with Crippen LogP contribution < -0.4 is 21.4 Å². The molecule has 0 bridgehead atoms. The van der Waals surface area contributed by atoms with Crippen LogP contribution in [0.15, 0.2) is 32.9 Å². The number of methoxy groups -OCH3 is 1. The number of phenols is 1. The predicted molar refractivity (Wildman–Crippen MR) is 90.3 cm³/mol. The third kappa shape index (κ3) is 2.63. The third-order valence-corrected chi connectivity index (χ3v) is 4.28. The fourth-order valence-corrected chi connectivity index (χ4v) is 2.79. The molecular weight excluding hydrogens is 328 g/mol. The number of benzene rings is 1. The summed E-state index contributed by atoms with van der Waals surface area (Å²) in [7, 11) is 4.18. The van der Waals surface area contributed by atoms with Gasteiger partial charge in [0.25, 0.3) is 5.56 Å². The monoisotopic (exact) mass is 346 g/mol. The zero-order valence-corrected chi connectivity index (χ0v) is 14.0. The zero-order valence-electron chi connectivity index (χ0n) is 14.0. The first kappa shape index (κ1) is 16.6. The maximum absolute atomic E-state index is 12.4. The number of rotatable bonds is 3. The molecule has 1 aliphatic heterocycles. The van der Waals surface area contributed by atoms with Gasteiger partial charge in [-0.15, -0.1) is 0 Å². The number of aromatic nitrogens is 2. The zero-order chi connectivity index (χ0) is 18.3. The van der Waals surface area contributed by atoms with Gasteiger partial charge < -0.3 is 20.4 Å². The number of hydrazone groups is 1. The van der Waals surface area contributed by atoms with E-state index in [1.807, 2.05) is 0 Å². The van der Waals surface area contributed by atoms with E-state index in [9.17, 15) is 19.8 Å². The van der Waals surface area contributed by atoms with Crippen LogP contribution in [0.1, 0.15) is 23.6 Å². The lowest BCUT2D eigenvalue weighted by molar-refractivity contribution is 0.372. The first-order valence-electron chi connectivity index (χ1n) is 7.53. The second-order valence-electron chi connectivity index (χ2n) is 5.78. The van der Waals surface area contributed by atoms with Crippen LogP contribution in [0.2, 0.25) is 0 Å². The number of ether oxygens (including phenoxy) is 1. The summed E-state index contributed by atoms with van der Waals surface area (Å²) in [6.45, 7) is 0. The molecule has 3 N–H and O–H groups in total. The van der Waals surface area contributed by atoms with Crippen molar-refractivity contribution < 1.29 is 14.9 Å². The van der Waals surface area contributed by atoms with Gasteiger partial charge in [0, 0.05) is 20.5 Å². The van der Waals surface area contributed by atoms with E-state index in [0.717, 1.165) is 14.7 Å². The normalized spacial score (nSPS) is 16.4. The maximum atomic E-state index is 12.4. The number of hydrogen-bond acceptors (Lipinski definition) is 7. The van der Waals surface area contributed by atoms with Crippen molar-refractivity contribution in [3.8, 4) is 17.4 Å². The van der Waals surface area contributed by atoms with Crippen molar-refractivity contribution in [3.63, 3.8) is 0 Å². The molecule has 1 aromatic heterocycles. The summed E-state index contributed by atoms with van der Waals surface area (Å²) in [5.74, 6) is -0.0684. The molecule has 132 valence electrons. The Kier molecular flexibility index (Phi) is 3.99. The highest BCUT2D eigenvalue weighted by molar-refractivity contribution is 6.03. The van der Waals surface area contributed by atoms with Gasteiger partial charge >= 0.3 is 5.69 Å². The minimum atomic E-state index is -0.613. The molecule has 1 aliphatic rings. The second-order valence-corrected chi connectivity index (χ2v) is 5.78. The highest BCUT2D eigenvalue weighted by atomic mass is 16.5. The molecule has 0 saturated heterocycles. The molecule has 2 aromatic rings. The van der Waals surface area contributed by atoms with Gasteiger partial charge in [-0.25, -0.2) is 4.79 Å². The Labute approximate surface area is 142 Å². The van der Waals surface area contributed by atoms with E-state index in [4.69, 9.17) is 4.74 Å². The molecule has 0 aliphatic carbocycles. The molecule has 9 nitrogen and oxygen atoms in total. The Morgan fingerprint density at radius 3 is 2.64 bits per heavy atom. The van der Waals surface area contributed by atoms with E-state index in [-0.39, 0.29) is 17.4 Å². The number of aromatic hydroxyl groups is 2. The van der Waals surface area contributed by atoms with E-state index in [0.29, 0.717) is 17.9 Å². The van der Waals surface area contributed by atoms with Crippen molar-refractivity contribution in [2.24, 2.45) is 19.2 Å². The van der Waals surface area contributed by atoms with Crippen LogP contribution in [0.3, 0.4) is 0 Å². The molecule has 1 unspecified atom stereocenters. The van der Waals surface area contributed by atoms with Crippen LogP contribution in [0.4, 0.5) is 0 Å². The first-order valence-corrected chi connectivity index (χ1v) is 7.53. The van der Waals surface area contributed by atoms with Gasteiger partial charge in [0.05, 0.1) is 18.9 Å². The van der Waals surface area contributed by atoms with E-state index in [2.05, 4.69) is 10.5 Å². The summed E-state index contributed by atoms with van der Waals surface area (Å²) in [6.07, 6.45) is 0.328. The summed E-state index contributed by atoms with van der Waals surface area (Å²) in [4.78, 5) is 24.2. The van der Waals surface area contributed by atoms with Gasteiger partial charge in [-0.05, 0) is 17.7 Å². The average Bonchev–Trinajstić information content (AvgIpc) is 3.08. The Hall–Kier alpha value is -3.23. The van der Waals surface area contributed by atoms with Crippen LogP contribution in [0.25, 0.3) is 0 Å². The fourth-order valence-electron chi connectivity index (χ4n) is 2.79. The number of hydrogen-bond donors (Lipinski definition) is 3. The van der Waals surface area contributed by atoms with Crippen LogP contribution in [0, 0.1) is 0 Å². The SMILES string of the molecule is COc1cc(C2CC(c3c(O)n(C)c(=O)n(C)c3=O)=NN2)ccc1O. The van der Waals surface area contributed by atoms with Crippen LogP contribution in [0.5, 0.6) is 17.4 Å². The van der Waals surface area contributed by atoms with Gasteiger partial charge in [0.15, 0.2) is 11.5 Å². The standard InChI is InChI=1S/C16H18N4O5/c1-19-14(22)13(15(23)20(2)16(19)24)10-7-9(17-18-10)8-4-5-11(21)12(6-8)25-3/h4-6,9,17,21-22H,7H2,1-3H3. The number of nitrogens with one attached hydrogen (secondary N) is 1. The summed E-state index contributed by atoms with van der Waals surface area (Å²) in [5.41, 5.74) is 2.83. The van der Waals surface area contributed by atoms with Gasteiger partial charge in [-0.2, -0.15) is 5.10 Å². The molecule has 0 radical (unpaired) electrons. The predicted octanol–water partition coefficient (Wildman–Crippen LogP) is -0.0575. The lowest BCUT2D eigenvalue weighted by Gasteiger charge is -2.13.